The van der Waals surface area contributed by atoms with Crippen molar-refractivity contribution >= 4 is 27.5 Å². The fraction of sp³-hybridized carbons (Fsp3) is 0.533. The van der Waals surface area contributed by atoms with Gasteiger partial charge in [-0.25, -0.2) is 8.42 Å². The van der Waals surface area contributed by atoms with E-state index >= 15 is 0 Å². The molecule has 120 valence electrons. The number of hydrogen-bond acceptors (Lipinski definition) is 3. The van der Waals surface area contributed by atoms with E-state index in [1.54, 1.807) is 19.1 Å². The van der Waals surface area contributed by atoms with Crippen LogP contribution in [0.3, 0.4) is 0 Å². The lowest BCUT2D eigenvalue weighted by molar-refractivity contribution is -0.139. The molecule has 2 saturated heterocycles. The van der Waals surface area contributed by atoms with E-state index in [1.165, 1.54) is 10.4 Å². The van der Waals surface area contributed by atoms with Crippen LogP contribution in [0, 0.1) is 6.92 Å². The highest BCUT2D eigenvalue weighted by Gasteiger charge is 2.45. The quantitative estimate of drug-likeness (QED) is 0.826. The number of fused-ring (bicyclic) bond motifs is 1. The van der Waals surface area contributed by atoms with Gasteiger partial charge in [-0.05, 0) is 44.4 Å². The Kier molecular flexibility index (Phi) is 3.95. The number of rotatable bonds is 2. The van der Waals surface area contributed by atoms with E-state index in [0.29, 0.717) is 11.6 Å². The van der Waals surface area contributed by atoms with E-state index in [9.17, 15) is 13.2 Å². The summed E-state index contributed by atoms with van der Waals surface area (Å²) in [5.74, 6) is -0.101. The molecular weight excluding hydrogens is 324 g/mol. The topological polar surface area (TPSA) is 57.7 Å². The van der Waals surface area contributed by atoms with Gasteiger partial charge >= 0.3 is 0 Å². The summed E-state index contributed by atoms with van der Waals surface area (Å²) in [6.07, 6.45) is 1.80. The zero-order chi connectivity index (χ0) is 16.1. The SMILES string of the molecule is Cc1ccc(S(=O)(=O)N2C[C@@H]3CCCN3C(=O)[C@@H]2C)cc1Cl. The molecule has 0 saturated carbocycles. The normalized spacial score (nSPS) is 26.3. The standard InChI is InChI=1S/C15H19ClN2O3S/c1-10-5-6-13(8-14(10)16)22(20,21)18-9-12-4-3-7-17(12)15(19)11(18)2/h5-6,8,11-12H,3-4,7,9H2,1-2H3/t11-,12-/m0/s1. The second-order valence-corrected chi connectivity index (χ2v) is 8.29. The molecule has 1 amide bonds. The van der Waals surface area contributed by atoms with E-state index in [4.69, 9.17) is 11.6 Å². The number of halogens is 1. The molecule has 7 heteroatoms. The number of piperazine rings is 1. The summed E-state index contributed by atoms with van der Waals surface area (Å²) in [5, 5.41) is 0.416. The minimum atomic E-state index is -3.72. The molecule has 0 aromatic heterocycles. The van der Waals surface area contributed by atoms with Crippen LogP contribution in [0.5, 0.6) is 0 Å². The zero-order valence-corrected chi connectivity index (χ0v) is 14.2. The van der Waals surface area contributed by atoms with Gasteiger partial charge in [0, 0.05) is 24.2 Å². The molecule has 0 bridgehead atoms. The van der Waals surface area contributed by atoms with Crippen molar-refractivity contribution in [2.24, 2.45) is 0 Å². The maximum atomic E-state index is 12.9. The van der Waals surface area contributed by atoms with Crippen LogP contribution in [0.1, 0.15) is 25.3 Å². The lowest BCUT2D eigenvalue weighted by Crippen LogP contribution is -2.59. The van der Waals surface area contributed by atoms with Crippen molar-refractivity contribution in [3.63, 3.8) is 0 Å². The molecule has 0 aliphatic carbocycles. The van der Waals surface area contributed by atoms with E-state index in [1.807, 2.05) is 11.8 Å². The van der Waals surface area contributed by atoms with Gasteiger partial charge in [-0.1, -0.05) is 17.7 Å². The summed E-state index contributed by atoms with van der Waals surface area (Å²) >= 11 is 6.05. The number of carbonyl (C=O) groups excluding carboxylic acids is 1. The molecule has 0 radical (unpaired) electrons. The predicted octanol–water partition coefficient (Wildman–Crippen LogP) is 2.03. The lowest BCUT2D eigenvalue weighted by atomic mass is 10.1. The Labute approximate surface area is 135 Å². The number of sulfonamides is 1. The first-order valence-electron chi connectivity index (χ1n) is 7.41. The molecule has 1 aromatic rings. The van der Waals surface area contributed by atoms with Crippen LogP contribution in [0.15, 0.2) is 23.1 Å². The maximum absolute atomic E-state index is 12.9. The molecule has 2 aliphatic heterocycles. The lowest BCUT2D eigenvalue weighted by Gasteiger charge is -2.40. The predicted molar refractivity (Wildman–Crippen MR) is 84.3 cm³/mol. The Morgan fingerprint density at radius 2 is 2.05 bits per heavy atom. The third-order valence-corrected chi connectivity index (χ3v) is 6.93. The van der Waals surface area contributed by atoms with Crippen molar-refractivity contribution in [1.82, 2.24) is 9.21 Å². The number of amides is 1. The average Bonchev–Trinajstić information content (AvgIpc) is 2.94. The van der Waals surface area contributed by atoms with Crippen molar-refractivity contribution in [2.45, 2.75) is 43.7 Å². The molecular formula is C15H19ClN2O3S. The van der Waals surface area contributed by atoms with Crippen LogP contribution in [0.25, 0.3) is 0 Å². The Balaban J connectivity index is 1.97. The monoisotopic (exact) mass is 342 g/mol. The number of aryl methyl sites for hydroxylation is 1. The molecule has 5 nitrogen and oxygen atoms in total. The van der Waals surface area contributed by atoms with Crippen molar-refractivity contribution < 1.29 is 13.2 Å². The summed E-state index contributed by atoms with van der Waals surface area (Å²) in [4.78, 5) is 14.4. The molecule has 2 fully saturated rings. The van der Waals surface area contributed by atoms with Crippen LogP contribution < -0.4 is 0 Å². The summed E-state index contributed by atoms with van der Waals surface area (Å²) in [6.45, 7) is 4.57. The highest BCUT2D eigenvalue weighted by molar-refractivity contribution is 7.89. The zero-order valence-electron chi connectivity index (χ0n) is 12.6. The Hall–Kier alpha value is -1.11. The van der Waals surface area contributed by atoms with Crippen molar-refractivity contribution in [3.05, 3.63) is 28.8 Å². The summed E-state index contributed by atoms with van der Waals surface area (Å²) in [7, 11) is -3.72. The van der Waals surface area contributed by atoms with Crippen LogP contribution in [-0.2, 0) is 14.8 Å². The highest BCUT2D eigenvalue weighted by atomic mass is 35.5. The number of nitrogens with zero attached hydrogens (tertiary/aromatic N) is 2. The number of hydrogen-bond donors (Lipinski definition) is 0. The van der Waals surface area contributed by atoms with Crippen molar-refractivity contribution in [3.8, 4) is 0 Å². The molecule has 2 heterocycles. The largest absolute Gasteiger partial charge is 0.337 e. The summed E-state index contributed by atoms with van der Waals surface area (Å²) < 4.78 is 27.1. The smallest absolute Gasteiger partial charge is 0.243 e. The fourth-order valence-electron chi connectivity index (χ4n) is 3.22. The van der Waals surface area contributed by atoms with Gasteiger partial charge in [-0.2, -0.15) is 4.31 Å². The Morgan fingerprint density at radius 1 is 1.32 bits per heavy atom. The van der Waals surface area contributed by atoms with Crippen LogP contribution in [0.2, 0.25) is 5.02 Å². The molecule has 0 spiro atoms. The maximum Gasteiger partial charge on any atom is 0.243 e. The van der Waals surface area contributed by atoms with Crippen molar-refractivity contribution in [2.75, 3.05) is 13.1 Å². The van der Waals surface area contributed by atoms with Gasteiger partial charge in [-0.3, -0.25) is 4.79 Å². The Morgan fingerprint density at radius 3 is 2.73 bits per heavy atom. The number of carbonyl (C=O) groups is 1. The van der Waals surface area contributed by atoms with Gasteiger partial charge in [0.15, 0.2) is 0 Å². The van der Waals surface area contributed by atoms with E-state index in [2.05, 4.69) is 0 Å². The van der Waals surface area contributed by atoms with E-state index in [0.717, 1.165) is 24.9 Å². The average molecular weight is 343 g/mol. The van der Waals surface area contributed by atoms with Crippen LogP contribution >= 0.6 is 11.6 Å². The van der Waals surface area contributed by atoms with E-state index < -0.39 is 16.1 Å². The molecule has 0 unspecified atom stereocenters. The van der Waals surface area contributed by atoms with Gasteiger partial charge < -0.3 is 4.90 Å². The second-order valence-electron chi connectivity index (χ2n) is 5.99. The van der Waals surface area contributed by atoms with E-state index in [-0.39, 0.29) is 16.8 Å². The van der Waals surface area contributed by atoms with Gasteiger partial charge in [0.1, 0.15) is 6.04 Å². The molecule has 2 aliphatic rings. The van der Waals surface area contributed by atoms with Crippen LogP contribution in [-0.4, -0.2) is 48.7 Å². The van der Waals surface area contributed by atoms with Gasteiger partial charge in [-0.15, -0.1) is 0 Å². The third kappa shape index (κ3) is 2.43. The third-order valence-electron chi connectivity index (χ3n) is 4.59. The van der Waals surface area contributed by atoms with Crippen molar-refractivity contribution in [1.29, 1.82) is 0 Å². The molecule has 1 aromatic carbocycles. The first kappa shape index (κ1) is 15.8. The first-order chi connectivity index (χ1) is 10.3. The van der Waals surface area contributed by atoms with Crippen LogP contribution in [0.4, 0.5) is 0 Å². The minimum Gasteiger partial charge on any atom is -0.337 e. The first-order valence-corrected chi connectivity index (χ1v) is 9.22. The molecule has 22 heavy (non-hydrogen) atoms. The molecule has 3 rings (SSSR count). The second kappa shape index (κ2) is 5.51. The highest BCUT2D eigenvalue weighted by Crippen LogP contribution is 2.31. The fourth-order valence-corrected chi connectivity index (χ4v) is 5.12. The van der Waals surface area contributed by atoms with Gasteiger partial charge in [0.2, 0.25) is 15.9 Å². The van der Waals surface area contributed by atoms with Gasteiger partial charge in [0.05, 0.1) is 4.90 Å². The summed E-state index contributed by atoms with van der Waals surface area (Å²) in [5.41, 5.74) is 0.824. The number of benzene rings is 1. The Bertz CT molecular complexity index is 719. The minimum absolute atomic E-state index is 0.000560. The molecule has 2 atom stereocenters. The van der Waals surface area contributed by atoms with Gasteiger partial charge in [0.25, 0.3) is 0 Å². The summed E-state index contributed by atoms with van der Waals surface area (Å²) in [6, 6.07) is 4.03. The molecule has 0 N–H and O–H groups in total.